The fourth-order valence-electron chi connectivity index (χ4n) is 6.43. The first-order chi connectivity index (χ1) is 19.5. The quantitative estimate of drug-likeness (QED) is 0.395. The van der Waals surface area contributed by atoms with Crippen LogP contribution >= 0.6 is 12.1 Å². The highest BCUT2D eigenvalue weighted by atomic mass is 32.2. The molecule has 0 radical (unpaired) electrons. The van der Waals surface area contributed by atoms with Gasteiger partial charge >= 0.3 is 6.09 Å². The van der Waals surface area contributed by atoms with Crippen molar-refractivity contribution in [1.29, 1.82) is 0 Å². The van der Waals surface area contributed by atoms with E-state index >= 15 is 0 Å². The van der Waals surface area contributed by atoms with Crippen LogP contribution in [-0.2, 0) is 55.3 Å². The Bertz CT molecular complexity index is 1340. The number of aryl methyl sites for hydroxylation is 3. The Morgan fingerprint density at radius 1 is 1.07 bits per heavy atom. The molecular weight excluding hydrogens is 522 g/mol. The second kappa shape index (κ2) is 12.0. The molecule has 0 spiro atoms. The maximum atomic E-state index is 13.4. The molecule has 210 valence electrons. The van der Waals surface area contributed by atoms with Gasteiger partial charge in [0.15, 0.2) is 0 Å². The van der Waals surface area contributed by atoms with E-state index in [1.165, 1.54) is 52.8 Å². The third-order valence-corrected chi connectivity index (χ3v) is 9.36. The average Bonchev–Trinajstić information content (AvgIpc) is 3.74. The van der Waals surface area contributed by atoms with Crippen molar-refractivity contribution < 1.29 is 14.3 Å². The molecule has 0 saturated carbocycles. The van der Waals surface area contributed by atoms with Crippen LogP contribution < -0.4 is 9.03 Å². The molecule has 3 aromatic rings. The van der Waals surface area contributed by atoms with Gasteiger partial charge < -0.3 is 9.64 Å². The Morgan fingerprint density at radius 3 is 2.52 bits per heavy atom. The van der Waals surface area contributed by atoms with Gasteiger partial charge in [-0.25, -0.2) is 4.79 Å². The summed E-state index contributed by atoms with van der Waals surface area (Å²) in [6, 6.07) is 12.2. The second-order valence-corrected chi connectivity index (χ2v) is 11.9. The Labute approximate surface area is 240 Å². The number of likely N-dealkylation sites (tertiary alicyclic amines) is 1. The molecule has 3 aliphatic rings. The number of nitrogens with one attached hydrogen (secondary N) is 1. The molecule has 1 aliphatic heterocycles. The molecule has 1 saturated heterocycles. The molecule has 2 aliphatic carbocycles. The number of hydrogen-bond acceptors (Lipinski definition) is 6. The Balaban J connectivity index is 1.12. The highest BCUT2D eigenvalue weighted by Gasteiger charge is 2.31. The molecule has 2 amide bonds. The number of nitrogens with zero attached hydrogens (tertiary/aromatic N) is 4. The normalized spacial score (nSPS) is 17.8. The van der Waals surface area contributed by atoms with Gasteiger partial charge in [-0.15, -0.1) is 0 Å². The number of hydrogen-bond donors (Lipinski definition) is 1. The first-order valence-electron chi connectivity index (χ1n) is 14.4. The summed E-state index contributed by atoms with van der Waals surface area (Å²) in [6.45, 7) is 1.43. The monoisotopic (exact) mass is 559 g/mol. The zero-order chi connectivity index (χ0) is 27.5. The molecule has 9 heteroatoms. The lowest BCUT2D eigenvalue weighted by atomic mass is 9.92. The lowest BCUT2D eigenvalue weighted by Gasteiger charge is -2.38. The van der Waals surface area contributed by atoms with Crippen LogP contribution in [0.3, 0.4) is 0 Å². The molecule has 40 heavy (non-hydrogen) atoms. The van der Waals surface area contributed by atoms with E-state index in [1.54, 1.807) is 9.58 Å². The van der Waals surface area contributed by atoms with Crippen molar-refractivity contribution in [2.75, 3.05) is 17.4 Å². The molecule has 1 atom stereocenters. The van der Waals surface area contributed by atoms with Crippen LogP contribution in [0.25, 0.3) is 0 Å². The van der Waals surface area contributed by atoms with Gasteiger partial charge in [0, 0.05) is 26.3 Å². The summed E-state index contributed by atoms with van der Waals surface area (Å²) in [7, 11) is 1.88. The first kappa shape index (κ1) is 26.7. The third kappa shape index (κ3) is 5.84. The number of fused-ring (bicyclic) bond motifs is 2. The Hall–Kier alpha value is -3.46. The molecular formula is C31H37N5O3S. The van der Waals surface area contributed by atoms with E-state index in [4.69, 9.17) is 4.74 Å². The summed E-state index contributed by atoms with van der Waals surface area (Å²) >= 11 is 1.31. The lowest BCUT2D eigenvalue weighted by molar-refractivity contribution is -0.118. The summed E-state index contributed by atoms with van der Waals surface area (Å²) in [4.78, 5) is 28.1. The van der Waals surface area contributed by atoms with Crippen LogP contribution in [0.15, 0.2) is 48.8 Å². The van der Waals surface area contributed by atoms with Crippen LogP contribution in [0.4, 0.5) is 10.5 Å². The van der Waals surface area contributed by atoms with E-state index in [9.17, 15) is 9.59 Å². The fraction of sp³-hybridized carbons (Fsp3) is 0.452. The number of carbonyl (C=O) groups is 2. The van der Waals surface area contributed by atoms with Crippen LogP contribution in [0, 0.1) is 0 Å². The summed E-state index contributed by atoms with van der Waals surface area (Å²) in [6.07, 6.45) is 12.4. The maximum absolute atomic E-state index is 13.4. The van der Waals surface area contributed by atoms with Gasteiger partial charge in [-0.1, -0.05) is 36.4 Å². The summed E-state index contributed by atoms with van der Waals surface area (Å²) in [5.41, 5.74) is 8.89. The predicted molar refractivity (Wildman–Crippen MR) is 157 cm³/mol. The number of piperidine rings is 1. The second-order valence-electron chi connectivity index (χ2n) is 11.1. The van der Waals surface area contributed by atoms with Crippen LogP contribution in [0.2, 0.25) is 0 Å². The van der Waals surface area contributed by atoms with Crippen molar-refractivity contribution in [1.82, 2.24) is 19.4 Å². The Morgan fingerprint density at radius 2 is 1.82 bits per heavy atom. The molecule has 1 aromatic heterocycles. The number of rotatable bonds is 8. The zero-order valence-corrected chi connectivity index (χ0v) is 23.9. The molecule has 1 fully saturated rings. The number of benzene rings is 2. The van der Waals surface area contributed by atoms with Gasteiger partial charge in [-0.05, 0) is 84.7 Å². The molecule has 2 heterocycles. The van der Waals surface area contributed by atoms with Crippen molar-refractivity contribution in [3.8, 4) is 0 Å². The molecule has 6 rings (SSSR count). The van der Waals surface area contributed by atoms with Crippen molar-refractivity contribution in [2.45, 2.75) is 70.4 Å². The number of amides is 2. The van der Waals surface area contributed by atoms with Crippen molar-refractivity contribution >= 4 is 29.8 Å². The summed E-state index contributed by atoms with van der Waals surface area (Å²) in [5, 5.41) is 4.37. The highest BCUT2D eigenvalue weighted by Crippen LogP contribution is 2.36. The topological polar surface area (TPSA) is 79.7 Å². The van der Waals surface area contributed by atoms with Gasteiger partial charge in [0.1, 0.15) is 6.61 Å². The van der Waals surface area contributed by atoms with Gasteiger partial charge in [0.05, 0.1) is 36.5 Å². The first-order valence-corrected chi connectivity index (χ1v) is 15.2. The van der Waals surface area contributed by atoms with E-state index in [0.717, 1.165) is 49.8 Å². The van der Waals surface area contributed by atoms with Gasteiger partial charge in [0.25, 0.3) is 0 Å². The standard InChI is InChI=1S/C31H37N5O3S/c1-34-19-26(18-32-34)36(25-12-7-15-35(20-25)31(38)39-21-22-8-3-2-4-9-22)40-33-30(37)17-29-27-13-5-10-23(27)16-24-11-6-14-28(24)29/h2-4,8-9,16,18-19,25H,5-7,10-15,17,20-21H2,1H3,(H,33,37). The van der Waals surface area contributed by atoms with Gasteiger partial charge in [-0.3, -0.25) is 18.5 Å². The SMILES string of the molecule is Cn1cc(N(SNC(=O)Cc2c3c(cc4c2CCC4)CCC3)C2CCCN(C(=O)OCc3ccccc3)C2)cn1. The van der Waals surface area contributed by atoms with Gasteiger partial charge in [-0.2, -0.15) is 5.10 Å². The van der Waals surface area contributed by atoms with Crippen molar-refractivity contribution in [3.05, 3.63) is 82.2 Å². The summed E-state index contributed by atoms with van der Waals surface area (Å²) < 4.78 is 12.6. The minimum Gasteiger partial charge on any atom is -0.445 e. The van der Waals surface area contributed by atoms with E-state index in [1.807, 2.05) is 49.8 Å². The fourth-order valence-corrected chi connectivity index (χ4v) is 7.22. The minimum atomic E-state index is -0.305. The average molecular weight is 560 g/mol. The largest absolute Gasteiger partial charge is 0.445 e. The highest BCUT2D eigenvalue weighted by molar-refractivity contribution is 7.99. The van der Waals surface area contributed by atoms with E-state index in [-0.39, 0.29) is 24.6 Å². The van der Waals surface area contributed by atoms with Crippen LogP contribution in [0.5, 0.6) is 0 Å². The zero-order valence-electron chi connectivity index (χ0n) is 23.1. The van der Waals surface area contributed by atoms with Crippen molar-refractivity contribution in [3.63, 3.8) is 0 Å². The third-order valence-electron chi connectivity index (χ3n) is 8.33. The molecule has 8 nitrogen and oxygen atoms in total. The van der Waals surface area contributed by atoms with Crippen molar-refractivity contribution in [2.24, 2.45) is 7.05 Å². The number of anilines is 1. The molecule has 1 N–H and O–H groups in total. The molecule has 2 aromatic carbocycles. The number of ether oxygens (including phenoxy) is 1. The van der Waals surface area contributed by atoms with Crippen LogP contribution in [0.1, 0.15) is 59.1 Å². The number of aromatic nitrogens is 2. The minimum absolute atomic E-state index is 0.0118. The Kier molecular flexibility index (Phi) is 8.00. The molecule has 0 bridgehead atoms. The van der Waals surface area contributed by atoms with Crippen LogP contribution in [-0.4, -0.2) is 45.8 Å². The maximum Gasteiger partial charge on any atom is 0.410 e. The van der Waals surface area contributed by atoms with E-state index in [2.05, 4.69) is 20.2 Å². The molecule has 1 unspecified atom stereocenters. The summed E-state index contributed by atoms with van der Waals surface area (Å²) in [5.74, 6) is 0.0169. The van der Waals surface area contributed by atoms with E-state index in [0.29, 0.717) is 19.5 Å². The van der Waals surface area contributed by atoms with E-state index < -0.39 is 0 Å². The lowest BCUT2D eigenvalue weighted by Crippen LogP contribution is -2.49. The van der Waals surface area contributed by atoms with Gasteiger partial charge in [0.2, 0.25) is 5.91 Å². The predicted octanol–water partition coefficient (Wildman–Crippen LogP) is 4.93. The smallest absolute Gasteiger partial charge is 0.410 e. The number of carbonyl (C=O) groups excluding carboxylic acids is 2.